The van der Waals surface area contributed by atoms with Gasteiger partial charge in [0.25, 0.3) is 5.56 Å². The minimum atomic E-state index is -0.940. The highest BCUT2D eigenvalue weighted by Crippen LogP contribution is 2.27. The topological polar surface area (TPSA) is 215 Å². The van der Waals surface area contributed by atoms with Gasteiger partial charge in [0, 0.05) is 24.7 Å². The van der Waals surface area contributed by atoms with Crippen molar-refractivity contribution >= 4 is 6.03 Å². The molecule has 0 unspecified atom stereocenters. The molecule has 134 valence electrons. The number of H-pyrrole nitrogens is 1. The number of nitrogens with zero attached hydrogens (tertiary/aromatic N) is 2. The van der Waals surface area contributed by atoms with Gasteiger partial charge in [-0.2, -0.15) is 5.43 Å². The summed E-state index contributed by atoms with van der Waals surface area (Å²) in [5.74, 6) is 0. The number of nitrogens with two attached hydrogens (primary N) is 2. The molecule has 1 aliphatic rings. The van der Waals surface area contributed by atoms with Crippen LogP contribution >= 0.6 is 0 Å². The molecule has 0 aromatic carbocycles. The lowest BCUT2D eigenvalue weighted by molar-refractivity contribution is -0.0459. The third-order valence-electron chi connectivity index (χ3n) is 3.11. The number of aromatic nitrogens is 2. The van der Waals surface area contributed by atoms with Crippen molar-refractivity contribution in [1.82, 2.24) is 15.0 Å². The van der Waals surface area contributed by atoms with Crippen LogP contribution in [0.3, 0.4) is 0 Å². The molecule has 0 radical (unpaired) electrons. The fourth-order valence-corrected chi connectivity index (χ4v) is 1.98. The molecule has 1 aromatic heterocycles. The molecule has 0 bridgehead atoms. The monoisotopic (exact) mass is 346 g/mol. The standard InChI is InChI=1S/C10H15N3O5.CH3N3O2/c11-2-5-3-13(10(17)12-9(5)16)8-1-6(15)7(4-14)18-8;2-1(5)3-4-6/h3,6-8,14-15H,1-2,4,11H2,(H,12,16,17);(H3,2,3,5,6)/t6-,7+,8+;/m0./s1. The van der Waals surface area contributed by atoms with Gasteiger partial charge in [0.15, 0.2) is 0 Å². The first-order valence-corrected chi connectivity index (χ1v) is 6.70. The minimum Gasteiger partial charge on any atom is -0.394 e. The third-order valence-corrected chi connectivity index (χ3v) is 3.11. The number of aromatic amines is 1. The van der Waals surface area contributed by atoms with Crippen molar-refractivity contribution in [2.24, 2.45) is 16.8 Å². The lowest BCUT2D eigenvalue weighted by Gasteiger charge is -2.14. The van der Waals surface area contributed by atoms with Crippen LogP contribution in [0.5, 0.6) is 0 Å². The van der Waals surface area contributed by atoms with E-state index in [0.717, 1.165) is 0 Å². The quantitative estimate of drug-likeness (QED) is 0.243. The van der Waals surface area contributed by atoms with Crippen LogP contribution in [-0.4, -0.2) is 44.6 Å². The molecule has 8 N–H and O–H groups in total. The van der Waals surface area contributed by atoms with Crippen LogP contribution in [0, 0.1) is 4.91 Å². The summed E-state index contributed by atoms with van der Waals surface area (Å²) in [4.78, 5) is 43.5. The van der Waals surface area contributed by atoms with Crippen molar-refractivity contribution in [2.75, 3.05) is 6.61 Å². The number of rotatable bonds is 4. The van der Waals surface area contributed by atoms with Gasteiger partial charge in [0.1, 0.15) is 12.3 Å². The number of hydrogen-bond acceptors (Lipinski definition) is 9. The van der Waals surface area contributed by atoms with Gasteiger partial charge >= 0.3 is 11.7 Å². The summed E-state index contributed by atoms with van der Waals surface area (Å²) in [7, 11) is 0. The summed E-state index contributed by atoms with van der Waals surface area (Å²) in [6.45, 7) is -0.339. The first-order valence-electron chi connectivity index (χ1n) is 6.70. The van der Waals surface area contributed by atoms with Gasteiger partial charge in [0.2, 0.25) is 0 Å². The van der Waals surface area contributed by atoms with E-state index in [1.807, 2.05) is 5.29 Å². The van der Waals surface area contributed by atoms with Crippen molar-refractivity contribution in [3.63, 3.8) is 0 Å². The second-order valence-electron chi connectivity index (χ2n) is 4.71. The van der Waals surface area contributed by atoms with E-state index >= 15 is 0 Å². The van der Waals surface area contributed by atoms with Crippen LogP contribution in [0.2, 0.25) is 0 Å². The molecular formula is C11H18N6O7. The molecule has 0 spiro atoms. The highest BCUT2D eigenvalue weighted by molar-refractivity contribution is 5.70. The zero-order chi connectivity index (χ0) is 18.3. The Labute approximate surface area is 134 Å². The average Bonchev–Trinajstić information content (AvgIpc) is 2.88. The Bertz CT molecular complexity index is 686. The van der Waals surface area contributed by atoms with E-state index in [1.54, 1.807) is 0 Å². The number of urea groups is 1. The second-order valence-corrected chi connectivity index (χ2v) is 4.71. The Balaban J connectivity index is 0.000000413. The summed E-state index contributed by atoms with van der Waals surface area (Å²) in [6.07, 6.45) is -0.804. The summed E-state index contributed by atoms with van der Waals surface area (Å²) in [5, 5.41) is 20.5. The van der Waals surface area contributed by atoms with E-state index in [-0.39, 0.29) is 25.1 Å². The van der Waals surface area contributed by atoms with Gasteiger partial charge in [-0.3, -0.25) is 14.3 Å². The van der Waals surface area contributed by atoms with Crippen molar-refractivity contribution in [2.45, 2.75) is 31.4 Å². The first-order chi connectivity index (χ1) is 11.3. The van der Waals surface area contributed by atoms with E-state index < -0.39 is 35.7 Å². The SMILES string of the molecule is NC(=O)NN=O.NCc1cn([C@H]2C[C@H](O)[C@@H](CO)O2)c(=O)[nH]c1=O. The van der Waals surface area contributed by atoms with E-state index in [0.29, 0.717) is 0 Å². The van der Waals surface area contributed by atoms with Crippen LogP contribution in [0.25, 0.3) is 0 Å². The third kappa shape index (κ3) is 4.95. The van der Waals surface area contributed by atoms with Gasteiger partial charge in [-0.05, 0) is 0 Å². The zero-order valence-corrected chi connectivity index (χ0v) is 12.4. The van der Waals surface area contributed by atoms with Gasteiger partial charge in [-0.1, -0.05) is 0 Å². The van der Waals surface area contributed by atoms with Gasteiger partial charge < -0.3 is 26.4 Å². The van der Waals surface area contributed by atoms with E-state index in [1.165, 1.54) is 16.2 Å². The molecule has 24 heavy (non-hydrogen) atoms. The van der Waals surface area contributed by atoms with Crippen LogP contribution in [0.15, 0.2) is 21.1 Å². The van der Waals surface area contributed by atoms with Gasteiger partial charge in [-0.25, -0.2) is 9.59 Å². The predicted molar refractivity (Wildman–Crippen MR) is 79.3 cm³/mol. The molecule has 2 rings (SSSR count). The average molecular weight is 346 g/mol. The van der Waals surface area contributed by atoms with Crippen molar-refractivity contribution in [1.29, 1.82) is 0 Å². The van der Waals surface area contributed by atoms with Crippen LogP contribution < -0.4 is 28.1 Å². The second kappa shape index (κ2) is 8.88. The summed E-state index contributed by atoms with van der Waals surface area (Å²) < 4.78 is 6.50. The summed E-state index contributed by atoms with van der Waals surface area (Å²) in [6, 6.07) is -0.940. The number of nitroso groups, excluding NO2 is 1. The van der Waals surface area contributed by atoms with Crippen molar-refractivity contribution < 1.29 is 19.7 Å². The lowest BCUT2D eigenvalue weighted by atomic mass is 10.2. The number of carbonyl (C=O) groups is 1. The fraction of sp³-hybridized carbons (Fsp3) is 0.545. The van der Waals surface area contributed by atoms with Crippen molar-refractivity contribution in [3.05, 3.63) is 37.5 Å². The predicted octanol–water partition coefficient (Wildman–Crippen LogP) is -3.03. The van der Waals surface area contributed by atoms with Gasteiger partial charge in [0.05, 0.1) is 18.0 Å². The molecule has 13 nitrogen and oxygen atoms in total. The molecule has 3 atom stereocenters. The number of amides is 2. The van der Waals surface area contributed by atoms with Crippen LogP contribution in [-0.2, 0) is 11.3 Å². The molecule has 2 amide bonds. The highest BCUT2D eigenvalue weighted by Gasteiger charge is 2.35. The molecule has 1 aromatic rings. The molecule has 1 aliphatic heterocycles. The van der Waals surface area contributed by atoms with Gasteiger partial charge in [-0.15, -0.1) is 4.91 Å². The largest absolute Gasteiger partial charge is 0.394 e. The van der Waals surface area contributed by atoms with Crippen LogP contribution in [0.1, 0.15) is 18.2 Å². The molecule has 13 heteroatoms. The maximum absolute atomic E-state index is 11.6. The first kappa shape index (κ1) is 19.4. The molecule has 0 aliphatic carbocycles. The molecule has 1 saturated heterocycles. The fourth-order valence-electron chi connectivity index (χ4n) is 1.98. The molecular weight excluding hydrogens is 328 g/mol. The Hall–Kier alpha value is -2.61. The Morgan fingerprint density at radius 3 is 2.62 bits per heavy atom. The molecule has 1 fully saturated rings. The Kier molecular flexibility index (Phi) is 7.19. The number of primary amides is 1. The lowest BCUT2D eigenvalue weighted by Crippen LogP contribution is -2.35. The minimum absolute atomic E-state index is 0.00564. The van der Waals surface area contributed by atoms with E-state index in [4.69, 9.17) is 20.5 Å². The smallest absolute Gasteiger partial charge is 0.335 e. The highest BCUT2D eigenvalue weighted by atomic mass is 16.5. The molecule has 2 heterocycles. The number of aliphatic hydroxyl groups is 2. The Morgan fingerprint density at radius 1 is 1.54 bits per heavy atom. The summed E-state index contributed by atoms with van der Waals surface area (Å²) >= 11 is 0. The number of carbonyl (C=O) groups excluding carboxylic acids is 1. The maximum atomic E-state index is 11.6. The summed E-state index contributed by atoms with van der Waals surface area (Å²) in [5.41, 5.74) is 10.2. The maximum Gasteiger partial charge on any atom is 0.335 e. The Morgan fingerprint density at radius 2 is 2.21 bits per heavy atom. The zero-order valence-electron chi connectivity index (χ0n) is 12.4. The number of nitrogens with one attached hydrogen (secondary N) is 2. The van der Waals surface area contributed by atoms with E-state index in [2.05, 4.69) is 10.7 Å². The van der Waals surface area contributed by atoms with Crippen LogP contribution in [0.4, 0.5) is 4.79 Å². The number of hydrogen-bond donors (Lipinski definition) is 6. The van der Waals surface area contributed by atoms with E-state index in [9.17, 15) is 19.5 Å². The normalized spacial score (nSPS) is 22.4. The number of ether oxygens (including phenoxy) is 1. The molecule has 0 saturated carbocycles. The van der Waals surface area contributed by atoms with Crippen molar-refractivity contribution in [3.8, 4) is 0 Å². The number of aliphatic hydroxyl groups excluding tert-OH is 2.